The molecule has 0 spiro atoms. The van der Waals surface area contributed by atoms with Crippen LogP contribution in [0.1, 0.15) is 24.0 Å². The topological polar surface area (TPSA) is 53.6 Å². The first-order valence-electron chi connectivity index (χ1n) is 9.65. The number of para-hydroxylation sites is 1. The first-order valence-corrected chi connectivity index (χ1v) is 9.65. The maximum Gasteiger partial charge on any atom is 0.234 e. The van der Waals surface area contributed by atoms with Crippen LogP contribution in [0.3, 0.4) is 0 Å². The fraction of sp³-hybridized carbons (Fsp3) is 0.409. The molecule has 1 fully saturated rings. The summed E-state index contributed by atoms with van der Waals surface area (Å²) in [4.78, 5) is 14.4. The number of nitrogens with zero attached hydrogens (tertiary/aromatic N) is 1. The molecule has 1 atom stereocenters. The number of rotatable bonds is 8. The molecule has 0 radical (unpaired) electrons. The summed E-state index contributed by atoms with van der Waals surface area (Å²) in [6, 6.07) is 18.5. The van der Waals surface area contributed by atoms with Gasteiger partial charge in [-0.15, -0.1) is 0 Å². The monoisotopic (exact) mass is 367 g/mol. The molecule has 144 valence electrons. The number of piperidine rings is 1. The second kappa shape index (κ2) is 10.1. The Morgan fingerprint density at radius 1 is 1.11 bits per heavy atom. The van der Waals surface area contributed by atoms with Gasteiger partial charge in [-0.3, -0.25) is 9.69 Å². The summed E-state index contributed by atoms with van der Waals surface area (Å²) in [5, 5.41) is 6.33. The van der Waals surface area contributed by atoms with Gasteiger partial charge in [-0.25, -0.2) is 0 Å². The highest BCUT2D eigenvalue weighted by Gasteiger charge is 2.20. The van der Waals surface area contributed by atoms with Crippen LogP contribution in [-0.2, 0) is 17.9 Å². The van der Waals surface area contributed by atoms with Crippen molar-refractivity contribution in [3.8, 4) is 5.75 Å². The van der Waals surface area contributed by atoms with Crippen LogP contribution in [-0.4, -0.2) is 43.5 Å². The third-order valence-electron chi connectivity index (χ3n) is 4.94. The van der Waals surface area contributed by atoms with Crippen molar-refractivity contribution in [3.63, 3.8) is 0 Å². The van der Waals surface area contributed by atoms with Crippen molar-refractivity contribution in [1.29, 1.82) is 0 Å². The molecule has 1 aliphatic heterocycles. The number of carbonyl (C=O) groups is 1. The summed E-state index contributed by atoms with van der Waals surface area (Å²) in [5.41, 5.74) is 2.21. The lowest BCUT2D eigenvalue weighted by atomic mass is 10.1. The molecule has 27 heavy (non-hydrogen) atoms. The van der Waals surface area contributed by atoms with E-state index in [4.69, 9.17) is 4.74 Å². The number of likely N-dealkylation sites (tertiary alicyclic amines) is 1. The smallest absolute Gasteiger partial charge is 0.234 e. The molecule has 5 nitrogen and oxygen atoms in total. The van der Waals surface area contributed by atoms with Crippen LogP contribution >= 0.6 is 0 Å². The van der Waals surface area contributed by atoms with Crippen molar-refractivity contribution in [2.75, 3.05) is 26.7 Å². The third kappa shape index (κ3) is 6.38. The normalized spacial score (nSPS) is 17.4. The van der Waals surface area contributed by atoms with Crippen LogP contribution < -0.4 is 15.4 Å². The van der Waals surface area contributed by atoms with Crippen LogP contribution in [0.2, 0.25) is 0 Å². The number of hydrogen-bond donors (Lipinski definition) is 2. The van der Waals surface area contributed by atoms with Crippen molar-refractivity contribution < 1.29 is 9.53 Å². The number of hydrogen-bond acceptors (Lipinski definition) is 4. The Balaban J connectivity index is 1.39. The highest BCUT2D eigenvalue weighted by molar-refractivity contribution is 5.78. The maximum absolute atomic E-state index is 12.2. The highest BCUT2D eigenvalue weighted by Crippen LogP contribution is 2.12. The molecule has 1 heterocycles. The number of likely N-dealkylation sites (N-methyl/N-ethyl adjacent to an activating group) is 1. The van der Waals surface area contributed by atoms with Gasteiger partial charge in [0.25, 0.3) is 0 Å². The predicted molar refractivity (Wildman–Crippen MR) is 108 cm³/mol. The van der Waals surface area contributed by atoms with Gasteiger partial charge < -0.3 is 15.4 Å². The Morgan fingerprint density at radius 2 is 1.85 bits per heavy atom. The van der Waals surface area contributed by atoms with E-state index in [1.165, 1.54) is 6.42 Å². The van der Waals surface area contributed by atoms with Gasteiger partial charge >= 0.3 is 0 Å². The largest absolute Gasteiger partial charge is 0.489 e. The van der Waals surface area contributed by atoms with Crippen molar-refractivity contribution in [3.05, 3.63) is 65.7 Å². The molecule has 1 amide bonds. The molecular formula is C22H29N3O2. The SMILES string of the molecule is CNC1CCCN(CC(=O)NCc2ccc(COc3ccccc3)cc2)C1. The van der Waals surface area contributed by atoms with Gasteiger partial charge in [0.1, 0.15) is 12.4 Å². The minimum Gasteiger partial charge on any atom is -0.489 e. The summed E-state index contributed by atoms with van der Waals surface area (Å²) in [6.45, 7) is 3.52. The van der Waals surface area contributed by atoms with E-state index in [-0.39, 0.29) is 5.91 Å². The van der Waals surface area contributed by atoms with Crippen molar-refractivity contribution in [2.45, 2.75) is 32.0 Å². The molecule has 1 aliphatic rings. The Bertz CT molecular complexity index is 703. The summed E-state index contributed by atoms with van der Waals surface area (Å²) >= 11 is 0. The van der Waals surface area contributed by atoms with Gasteiger partial charge in [0.05, 0.1) is 6.54 Å². The molecular weight excluding hydrogens is 338 g/mol. The van der Waals surface area contributed by atoms with E-state index in [0.29, 0.717) is 25.7 Å². The molecule has 3 rings (SSSR count). The van der Waals surface area contributed by atoms with Crippen LogP contribution in [0, 0.1) is 0 Å². The molecule has 2 aromatic rings. The first kappa shape index (κ1) is 19.4. The Kier molecular flexibility index (Phi) is 7.25. The average Bonchev–Trinajstić information content (AvgIpc) is 2.72. The zero-order valence-electron chi connectivity index (χ0n) is 16.0. The first-order chi connectivity index (χ1) is 13.2. The quantitative estimate of drug-likeness (QED) is 0.753. The summed E-state index contributed by atoms with van der Waals surface area (Å²) in [6.07, 6.45) is 2.33. The standard InChI is InChI=1S/C22H29N3O2/c1-23-20-6-5-13-25(15-20)16-22(26)24-14-18-9-11-19(12-10-18)17-27-21-7-3-2-4-8-21/h2-4,7-12,20,23H,5-6,13-17H2,1H3,(H,24,26). The molecule has 5 heteroatoms. The summed E-state index contributed by atoms with van der Waals surface area (Å²) < 4.78 is 5.75. The maximum atomic E-state index is 12.2. The fourth-order valence-electron chi connectivity index (χ4n) is 3.33. The van der Waals surface area contributed by atoms with Crippen LogP contribution in [0.15, 0.2) is 54.6 Å². The number of benzene rings is 2. The van der Waals surface area contributed by atoms with Crippen molar-refractivity contribution in [2.24, 2.45) is 0 Å². The van der Waals surface area contributed by atoms with Gasteiger partial charge in [-0.2, -0.15) is 0 Å². The third-order valence-corrected chi connectivity index (χ3v) is 4.94. The number of amides is 1. The molecule has 0 bridgehead atoms. The molecule has 0 saturated carbocycles. The van der Waals surface area contributed by atoms with Gasteiger partial charge in [-0.05, 0) is 49.7 Å². The number of carbonyl (C=O) groups excluding carboxylic acids is 1. The average molecular weight is 367 g/mol. The summed E-state index contributed by atoms with van der Waals surface area (Å²) in [5.74, 6) is 0.954. The van der Waals surface area contributed by atoms with E-state index >= 15 is 0 Å². The second-order valence-corrected chi connectivity index (χ2v) is 7.06. The number of ether oxygens (including phenoxy) is 1. The van der Waals surface area contributed by atoms with E-state index in [9.17, 15) is 4.79 Å². The Labute approximate surface area is 161 Å². The minimum atomic E-state index is 0.0863. The van der Waals surface area contributed by atoms with Gasteiger partial charge in [-0.1, -0.05) is 42.5 Å². The molecule has 2 aromatic carbocycles. The van der Waals surface area contributed by atoms with Crippen molar-refractivity contribution in [1.82, 2.24) is 15.5 Å². The Morgan fingerprint density at radius 3 is 2.59 bits per heavy atom. The number of nitrogens with one attached hydrogen (secondary N) is 2. The van der Waals surface area contributed by atoms with Crippen LogP contribution in [0.25, 0.3) is 0 Å². The molecule has 2 N–H and O–H groups in total. The molecule has 1 unspecified atom stereocenters. The fourth-order valence-corrected chi connectivity index (χ4v) is 3.33. The van der Waals surface area contributed by atoms with E-state index in [2.05, 4.69) is 15.5 Å². The lowest BCUT2D eigenvalue weighted by molar-refractivity contribution is -0.122. The van der Waals surface area contributed by atoms with Gasteiger partial charge in [0.15, 0.2) is 0 Å². The van der Waals surface area contributed by atoms with Gasteiger partial charge in [0.2, 0.25) is 5.91 Å². The molecule has 1 saturated heterocycles. The van der Waals surface area contributed by atoms with Crippen LogP contribution in [0.4, 0.5) is 0 Å². The minimum absolute atomic E-state index is 0.0863. The predicted octanol–water partition coefficient (Wildman–Crippen LogP) is 2.57. The van der Waals surface area contributed by atoms with Gasteiger partial charge in [0, 0.05) is 19.1 Å². The Hall–Kier alpha value is -2.37. The van der Waals surface area contributed by atoms with E-state index < -0.39 is 0 Å². The summed E-state index contributed by atoms with van der Waals surface area (Å²) in [7, 11) is 1.99. The lowest BCUT2D eigenvalue weighted by Gasteiger charge is -2.31. The zero-order chi connectivity index (χ0) is 18.9. The van der Waals surface area contributed by atoms with Crippen molar-refractivity contribution >= 4 is 5.91 Å². The van der Waals surface area contributed by atoms with E-state index in [0.717, 1.165) is 36.4 Å². The highest BCUT2D eigenvalue weighted by atomic mass is 16.5. The molecule has 0 aromatic heterocycles. The molecule has 0 aliphatic carbocycles. The van der Waals surface area contributed by atoms with E-state index in [1.807, 2.05) is 61.6 Å². The van der Waals surface area contributed by atoms with E-state index in [1.54, 1.807) is 0 Å². The second-order valence-electron chi connectivity index (χ2n) is 7.06. The zero-order valence-corrected chi connectivity index (χ0v) is 16.0. The van der Waals surface area contributed by atoms with Crippen LogP contribution in [0.5, 0.6) is 5.75 Å². The lowest BCUT2D eigenvalue weighted by Crippen LogP contribution is -2.47.